The molecule has 2 atom stereocenters. The first-order chi connectivity index (χ1) is 12.3. The highest BCUT2D eigenvalue weighted by Gasteiger charge is 2.44. The Balaban J connectivity index is 1.50. The molecule has 0 saturated carbocycles. The lowest BCUT2D eigenvalue weighted by molar-refractivity contribution is 0.0345. The Morgan fingerprint density at radius 2 is 1.84 bits per heavy atom. The molecule has 0 radical (unpaired) electrons. The highest BCUT2D eigenvalue weighted by molar-refractivity contribution is 5.97. The first kappa shape index (κ1) is 15.9. The van der Waals surface area contributed by atoms with Crippen LogP contribution in [-0.4, -0.2) is 46.1 Å². The predicted octanol–water partition coefficient (Wildman–Crippen LogP) is 2.70. The molecule has 2 aromatic heterocycles. The molecule has 25 heavy (non-hydrogen) atoms. The van der Waals surface area contributed by atoms with Gasteiger partial charge in [0, 0.05) is 43.4 Å². The normalized spacial score (nSPS) is 24.8. The number of carbonyl (C=O) groups is 1. The van der Waals surface area contributed by atoms with E-state index in [9.17, 15) is 4.79 Å². The molecule has 2 aliphatic rings. The fourth-order valence-corrected chi connectivity index (χ4v) is 4.00. The Morgan fingerprint density at radius 1 is 1.08 bits per heavy atom. The number of piperidine rings is 1. The maximum Gasteiger partial charge on any atom is 0.259 e. The van der Waals surface area contributed by atoms with Crippen LogP contribution in [0, 0.1) is 0 Å². The van der Waals surface area contributed by atoms with Crippen LogP contribution in [0.2, 0.25) is 0 Å². The van der Waals surface area contributed by atoms with E-state index >= 15 is 0 Å². The molecule has 0 aliphatic carbocycles. The third-order valence-electron chi connectivity index (χ3n) is 5.04. The van der Waals surface area contributed by atoms with E-state index in [0.717, 1.165) is 25.7 Å². The molecule has 2 fully saturated rings. The summed E-state index contributed by atoms with van der Waals surface area (Å²) < 4.78 is 11.3. The van der Waals surface area contributed by atoms with Crippen molar-refractivity contribution in [2.24, 2.45) is 0 Å². The molecular weight excluding hydrogens is 318 g/mol. The second kappa shape index (κ2) is 6.70. The number of ether oxygens (including phenoxy) is 2. The highest BCUT2D eigenvalue weighted by atomic mass is 16.5. The number of nitrogens with zero attached hydrogens (tertiary/aromatic N) is 3. The Hall–Kier alpha value is -2.63. The zero-order valence-electron chi connectivity index (χ0n) is 14.2. The van der Waals surface area contributed by atoms with Crippen molar-refractivity contribution in [2.45, 2.75) is 43.9 Å². The lowest BCUT2D eigenvalue weighted by atomic mass is 9.98. The number of methoxy groups -OCH3 is 1. The molecule has 4 rings (SSSR count). The van der Waals surface area contributed by atoms with Gasteiger partial charge in [0.15, 0.2) is 0 Å². The van der Waals surface area contributed by atoms with E-state index in [2.05, 4.69) is 9.97 Å². The fraction of sp³-hybridized carbons (Fsp3) is 0.421. The lowest BCUT2D eigenvalue weighted by Crippen LogP contribution is -2.49. The van der Waals surface area contributed by atoms with Crippen molar-refractivity contribution in [2.75, 3.05) is 7.11 Å². The minimum atomic E-state index is 0.00809. The van der Waals surface area contributed by atoms with Gasteiger partial charge >= 0.3 is 0 Å². The number of pyridine rings is 2. The molecule has 2 aromatic rings. The van der Waals surface area contributed by atoms with Gasteiger partial charge in [-0.15, -0.1) is 0 Å². The third kappa shape index (κ3) is 3.04. The van der Waals surface area contributed by atoms with Crippen LogP contribution < -0.4 is 9.47 Å². The van der Waals surface area contributed by atoms with Crippen LogP contribution in [0.15, 0.2) is 42.7 Å². The van der Waals surface area contributed by atoms with Gasteiger partial charge in [0.1, 0.15) is 11.7 Å². The van der Waals surface area contributed by atoms with Crippen molar-refractivity contribution in [3.05, 3.63) is 48.3 Å². The molecule has 6 nitrogen and oxygen atoms in total. The quantitative estimate of drug-likeness (QED) is 0.857. The SMILES string of the molecule is COc1ncccc1C(=O)N1C2CCC1CC(Oc1ccccn1)C2. The summed E-state index contributed by atoms with van der Waals surface area (Å²) in [5, 5.41) is 0. The third-order valence-corrected chi connectivity index (χ3v) is 5.04. The summed E-state index contributed by atoms with van der Waals surface area (Å²) in [6, 6.07) is 9.62. The molecule has 4 heterocycles. The Bertz CT molecular complexity index is 739. The van der Waals surface area contributed by atoms with Crippen LogP contribution >= 0.6 is 0 Å². The Kier molecular flexibility index (Phi) is 4.26. The number of fused-ring (bicyclic) bond motifs is 2. The summed E-state index contributed by atoms with van der Waals surface area (Å²) >= 11 is 0. The maximum atomic E-state index is 13.1. The van der Waals surface area contributed by atoms with Gasteiger partial charge < -0.3 is 14.4 Å². The van der Waals surface area contributed by atoms with Crippen molar-refractivity contribution in [1.82, 2.24) is 14.9 Å². The van der Waals surface area contributed by atoms with E-state index in [0.29, 0.717) is 17.3 Å². The summed E-state index contributed by atoms with van der Waals surface area (Å²) in [7, 11) is 1.54. The van der Waals surface area contributed by atoms with Gasteiger partial charge in [-0.05, 0) is 31.0 Å². The summed E-state index contributed by atoms with van der Waals surface area (Å²) in [4.78, 5) is 23.5. The predicted molar refractivity (Wildman–Crippen MR) is 91.7 cm³/mol. The zero-order chi connectivity index (χ0) is 17.2. The van der Waals surface area contributed by atoms with Crippen LogP contribution in [0.3, 0.4) is 0 Å². The van der Waals surface area contributed by atoms with Gasteiger partial charge in [-0.25, -0.2) is 9.97 Å². The summed E-state index contributed by atoms with van der Waals surface area (Å²) in [6.07, 6.45) is 7.17. The number of hydrogen-bond acceptors (Lipinski definition) is 5. The second-order valence-electron chi connectivity index (χ2n) is 6.54. The van der Waals surface area contributed by atoms with Crippen LogP contribution in [0.25, 0.3) is 0 Å². The van der Waals surface area contributed by atoms with Gasteiger partial charge in [0.2, 0.25) is 11.8 Å². The molecule has 2 bridgehead atoms. The van der Waals surface area contributed by atoms with Crippen LogP contribution in [0.1, 0.15) is 36.0 Å². The van der Waals surface area contributed by atoms with Crippen molar-refractivity contribution >= 4 is 5.91 Å². The molecule has 2 aliphatic heterocycles. The number of rotatable bonds is 4. The average Bonchev–Trinajstić information content (AvgIpc) is 2.92. The molecule has 0 N–H and O–H groups in total. The van der Waals surface area contributed by atoms with E-state index in [1.165, 1.54) is 0 Å². The largest absolute Gasteiger partial charge is 0.480 e. The van der Waals surface area contributed by atoms with Gasteiger partial charge in [-0.1, -0.05) is 6.07 Å². The summed E-state index contributed by atoms with van der Waals surface area (Å²) in [5.74, 6) is 1.05. The van der Waals surface area contributed by atoms with Crippen molar-refractivity contribution < 1.29 is 14.3 Å². The van der Waals surface area contributed by atoms with E-state index in [1.807, 2.05) is 23.1 Å². The number of amides is 1. The number of aromatic nitrogens is 2. The summed E-state index contributed by atoms with van der Waals surface area (Å²) in [6.45, 7) is 0. The topological polar surface area (TPSA) is 64.5 Å². The lowest BCUT2D eigenvalue weighted by Gasteiger charge is -2.38. The molecule has 0 spiro atoms. The van der Waals surface area contributed by atoms with Gasteiger partial charge in [-0.3, -0.25) is 4.79 Å². The molecule has 130 valence electrons. The molecule has 2 saturated heterocycles. The van der Waals surface area contributed by atoms with E-state index in [-0.39, 0.29) is 24.1 Å². The Labute approximate surface area is 146 Å². The minimum Gasteiger partial charge on any atom is -0.480 e. The van der Waals surface area contributed by atoms with Crippen molar-refractivity contribution in [1.29, 1.82) is 0 Å². The minimum absolute atomic E-state index is 0.00809. The molecule has 1 amide bonds. The smallest absolute Gasteiger partial charge is 0.259 e. The monoisotopic (exact) mass is 339 g/mol. The van der Waals surface area contributed by atoms with Crippen molar-refractivity contribution in [3.8, 4) is 11.8 Å². The fourth-order valence-electron chi connectivity index (χ4n) is 4.00. The van der Waals surface area contributed by atoms with Gasteiger partial charge in [0.25, 0.3) is 5.91 Å². The number of carbonyl (C=O) groups excluding carboxylic acids is 1. The van der Waals surface area contributed by atoms with Crippen LogP contribution in [-0.2, 0) is 0 Å². The molecular formula is C19H21N3O3. The van der Waals surface area contributed by atoms with Crippen molar-refractivity contribution in [3.63, 3.8) is 0 Å². The zero-order valence-corrected chi connectivity index (χ0v) is 14.2. The van der Waals surface area contributed by atoms with E-state index in [1.54, 1.807) is 31.6 Å². The second-order valence-corrected chi connectivity index (χ2v) is 6.54. The molecule has 2 unspecified atom stereocenters. The maximum absolute atomic E-state index is 13.1. The average molecular weight is 339 g/mol. The molecule has 6 heteroatoms. The first-order valence-corrected chi connectivity index (χ1v) is 8.65. The summed E-state index contributed by atoms with van der Waals surface area (Å²) in [5.41, 5.74) is 0.533. The highest BCUT2D eigenvalue weighted by Crippen LogP contribution is 2.38. The van der Waals surface area contributed by atoms with Gasteiger partial charge in [-0.2, -0.15) is 0 Å². The first-order valence-electron chi connectivity index (χ1n) is 8.65. The van der Waals surface area contributed by atoms with E-state index in [4.69, 9.17) is 9.47 Å². The Morgan fingerprint density at radius 3 is 2.52 bits per heavy atom. The van der Waals surface area contributed by atoms with Crippen LogP contribution in [0.4, 0.5) is 0 Å². The standard InChI is InChI=1S/C19H21N3O3/c1-24-18-16(5-4-10-21-18)19(23)22-13-7-8-14(22)12-15(11-13)25-17-6-2-3-9-20-17/h2-6,9-10,13-15H,7-8,11-12H2,1H3. The number of hydrogen-bond donors (Lipinski definition) is 0. The van der Waals surface area contributed by atoms with E-state index < -0.39 is 0 Å². The van der Waals surface area contributed by atoms with Crippen LogP contribution in [0.5, 0.6) is 11.8 Å². The molecule has 0 aromatic carbocycles. The van der Waals surface area contributed by atoms with Gasteiger partial charge in [0.05, 0.1) is 7.11 Å².